The van der Waals surface area contributed by atoms with Gasteiger partial charge in [-0.05, 0) is 75.0 Å². The molecule has 6 aromatic carbocycles. The number of benzene rings is 6. The molecule has 0 amide bonds. The van der Waals surface area contributed by atoms with E-state index in [1.54, 1.807) is 0 Å². The Morgan fingerprint density at radius 2 is 1.20 bits per heavy atom. The molecule has 0 N–H and O–H groups in total. The van der Waals surface area contributed by atoms with Crippen LogP contribution >= 0.6 is 0 Å². The second-order valence-electron chi connectivity index (χ2n) is 20.0. The molecule has 5 nitrogen and oxygen atoms in total. The van der Waals surface area contributed by atoms with E-state index >= 15 is 0 Å². The summed E-state index contributed by atoms with van der Waals surface area (Å²) >= 11 is 0. The first-order valence-corrected chi connectivity index (χ1v) is 22.0. The Morgan fingerprint density at radius 1 is 0.562 bits per heavy atom. The summed E-state index contributed by atoms with van der Waals surface area (Å²) in [4.78, 5) is 9.51. The predicted octanol–water partition coefficient (Wildman–Crippen LogP) is 14.8. The Morgan fingerprint density at radius 3 is 1.89 bits per heavy atom. The van der Waals surface area contributed by atoms with E-state index in [1.807, 2.05) is 12.3 Å². The van der Waals surface area contributed by atoms with Crippen molar-refractivity contribution in [3.05, 3.63) is 210 Å². The zero-order valence-corrected chi connectivity index (χ0v) is 40.9. The van der Waals surface area contributed by atoms with Gasteiger partial charge in [0.25, 0.3) is 0 Å². The van der Waals surface area contributed by atoms with Crippen LogP contribution < -0.4 is 14.5 Å². The molecule has 8 aromatic rings. The van der Waals surface area contributed by atoms with E-state index in [-0.39, 0.29) is 42.7 Å². The maximum Gasteiger partial charge on any atom is 0.135 e. The van der Waals surface area contributed by atoms with Crippen LogP contribution in [0.25, 0.3) is 27.6 Å². The minimum absolute atomic E-state index is 0. The monoisotopic (exact) mass is 1020 g/mol. The van der Waals surface area contributed by atoms with Gasteiger partial charge in [0.05, 0.1) is 0 Å². The number of anilines is 2. The van der Waals surface area contributed by atoms with E-state index in [0.29, 0.717) is 11.5 Å². The first kappa shape index (κ1) is 44.7. The Bertz CT molecular complexity index is 2990. The van der Waals surface area contributed by atoms with E-state index in [0.717, 1.165) is 44.7 Å². The number of pyridine rings is 1. The Labute approximate surface area is 394 Å². The molecular weight excluding hydrogens is 964 g/mol. The summed E-state index contributed by atoms with van der Waals surface area (Å²) in [6.45, 7) is 24.9. The number of fused-ring (bicyclic) bond motifs is 3. The largest absolute Gasteiger partial charge is 0.509 e. The maximum atomic E-state index is 6.90. The summed E-state index contributed by atoms with van der Waals surface area (Å²) in [5.41, 5.74) is 10.5. The number of allylic oxidation sites excluding steroid dienone is 1. The van der Waals surface area contributed by atoms with Crippen molar-refractivity contribution in [3.63, 3.8) is 0 Å². The summed E-state index contributed by atoms with van der Waals surface area (Å²) in [6, 6.07) is 59.0. The quantitative estimate of drug-likeness (QED) is 0.135. The van der Waals surface area contributed by atoms with Crippen LogP contribution in [-0.4, -0.2) is 9.55 Å². The zero-order valence-electron chi connectivity index (χ0n) is 38.6. The Hall–Kier alpha value is -5.90. The van der Waals surface area contributed by atoms with Crippen LogP contribution in [-0.2, 0) is 42.7 Å². The third kappa shape index (κ3) is 8.32. The second-order valence-corrected chi connectivity index (χ2v) is 20.0. The third-order valence-corrected chi connectivity index (χ3v) is 12.8. The van der Waals surface area contributed by atoms with Crippen molar-refractivity contribution in [2.24, 2.45) is 0 Å². The fourth-order valence-electron chi connectivity index (χ4n) is 8.92. The molecule has 0 unspecified atom stereocenters. The van der Waals surface area contributed by atoms with Crippen molar-refractivity contribution in [3.8, 4) is 17.3 Å². The number of hydrogen-bond donors (Lipinski definition) is 0. The van der Waals surface area contributed by atoms with E-state index < -0.39 is 0 Å². The Balaban J connectivity index is 0.00000560. The molecule has 9 rings (SSSR count). The molecule has 0 fully saturated rings. The van der Waals surface area contributed by atoms with Gasteiger partial charge in [0.1, 0.15) is 5.82 Å². The first-order valence-electron chi connectivity index (χ1n) is 22.0. The number of hydrogen-bond acceptors (Lipinski definition) is 4. The third-order valence-electron chi connectivity index (χ3n) is 12.8. The van der Waals surface area contributed by atoms with Gasteiger partial charge in [0.15, 0.2) is 0 Å². The molecule has 1 aliphatic heterocycles. The van der Waals surface area contributed by atoms with Crippen LogP contribution in [0.5, 0.6) is 11.5 Å². The molecule has 64 heavy (non-hydrogen) atoms. The topological polar surface area (TPSA) is 33.5 Å². The van der Waals surface area contributed by atoms with Crippen molar-refractivity contribution in [1.82, 2.24) is 9.55 Å². The van der Waals surface area contributed by atoms with Crippen molar-refractivity contribution in [2.45, 2.75) is 90.9 Å². The first-order chi connectivity index (χ1) is 30.0. The number of ether oxygens (including phenoxy) is 1. The van der Waals surface area contributed by atoms with Gasteiger partial charge >= 0.3 is 0 Å². The summed E-state index contributed by atoms with van der Waals surface area (Å²) < 4.78 is 9.15. The van der Waals surface area contributed by atoms with Gasteiger partial charge in [-0.3, -0.25) is 0 Å². The van der Waals surface area contributed by atoms with Crippen molar-refractivity contribution >= 4 is 33.2 Å². The average molecular weight is 1020 g/mol. The molecule has 6 heteroatoms. The number of aromatic nitrogens is 2. The van der Waals surface area contributed by atoms with Crippen LogP contribution in [0.3, 0.4) is 0 Å². The summed E-state index contributed by atoms with van der Waals surface area (Å²) in [7, 11) is 0. The molecule has 0 radical (unpaired) electrons. The molecule has 0 saturated heterocycles. The van der Waals surface area contributed by atoms with Gasteiger partial charge in [-0.25, -0.2) is 4.98 Å². The average Bonchev–Trinajstić information content (AvgIpc) is 3.88. The molecule has 328 valence electrons. The Kier molecular flexibility index (Phi) is 11.8. The molecular formula is C58H57N4OPt-3. The molecule has 2 aromatic heterocycles. The van der Waals surface area contributed by atoms with Gasteiger partial charge in [-0.15, -0.1) is 48.3 Å². The smallest absolute Gasteiger partial charge is 0.135 e. The number of para-hydroxylation sites is 1. The van der Waals surface area contributed by atoms with Gasteiger partial charge in [0, 0.05) is 66.5 Å². The van der Waals surface area contributed by atoms with Crippen molar-refractivity contribution < 1.29 is 25.8 Å². The minimum atomic E-state index is -0.339. The predicted molar refractivity (Wildman–Crippen MR) is 262 cm³/mol. The van der Waals surface area contributed by atoms with E-state index in [4.69, 9.17) is 9.72 Å². The fourth-order valence-corrected chi connectivity index (χ4v) is 8.92. The molecule has 0 bridgehead atoms. The summed E-state index contributed by atoms with van der Waals surface area (Å²) in [5, 5.41) is 2.31. The molecule has 0 atom stereocenters. The van der Waals surface area contributed by atoms with Crippen molar-refractivity contribution in [1.29, 1.82) is 0 Å². The van der Waals surface area contributed by atoms with Crippen LogP contribution in [0.2, 0.25) is 0 Å². The van der Waals surface area contributed by atoms with Gasteiger partial charge in [-0.2, -0.15) is 6.07 Å². The summed E-state index contributed by atoms with van der Waals surface area (Å²) in [6.07, 6.45) is 4.19. The second kappa shape index (κ2) is 16.9. The van der Waals surface area contributed by atoms with Gasteiger partial charge in [0.2, 0.25) is 0 Å². The summed E-state index contributed by atoms with van der Waals surface area (Å²) in [5.74, 6) is 2.07. The van der Waals surface area contributed by atoms with Gasteiger partial charge < -0.3 is 19.1 Å². The molecule has 3 heterocycles. The standard InChI is InChI=1S/C58H57N4O.Pt/c1-55(2,3)42-25-19-26-44(33-42)60-38-52(58(9,10)41-23-15-12-16-24-41)61(39-60)45-27-20-28-46(35-45)63-47-36-49(56(4,5)6)54-48-29-17-18-30-50(48)62(51(54)37-47)53-34-43(31-32-59-53)57(7,8)40-21-13-11-14-22-40;/h11-34,36,38-39H,1-10H3;/q-3;. The molecule has 0 saturated carbocycles. The minimum Gasteiger partial charge on any atom is -0.509 e. The van der Waals surface area contributed by atoms with E-state index in [2.05, 4.69) is 248 Å². The van der Waals surface area contributed by atoms with Crippen LogP contribution in [0.1, 0.15) is 97.1 Å². The molecule has 0 aliphatic carbocycles. The normalized spacial score (nSPS) is 13.6. The van der Waals surface area contributed by atoms with Crippen LogP contribution in [0.4, 0.5) is 11.4 Å². The van der Waals surface area contributed by atoms with Gasteiger partial charge in [-0.1, -0.05) is 171 Å². The van der Waals surface area contributed by atoms with Crippen LogP contribution in [0, 0.1) is 18.8 Å². The van der Waals surface area contributed by atoms with Crippen LogP contribution in [0.15, 0.2) is 164 Å². The van der Waals surface area contributed by atoms with E-state index in [1.165, 1.54) is 27.8 Å². The molecule has 0 spiro atoms. The molecule has 1 aliphatic rings. The number of nitrogens with zero attached hydrogens (tertiary/aromatic N) is 4. The maximum absolute atomic E-state index is 6.90. The van der Waals surface area contributed by atoms with Crippen molar-refractivity contribution in [2.75, 3.05) is 9.80 Å². The SMILES string of the molecule is CC(C)(C)c1cccc(N2C=C(C(C)(C)c3ccccc3)N(c3[c-]c(Oc4[c-]c5c(c(C(C)(C)C)c4)c4ccccc4n5-c4cc(C(C)(C)c5ccccc5)ccn4)ccc3)[CH-]2)c1.[Pt]. The van der Waals surface area contributed by atoms with E-state index in [9.17, 15) is 0 Å². The number of rotatable bonds is 9. The zero-order chi connectivity index (χ0) is 44.3. The fraction of sp³-hybridized carbons (Fsp3) is 0.241.